The average Bonchev–Trinajstić information content (AvgIpc) is 1.37. The van der Waals surface area contributed by atoms with Gasteiger partial charge >= 0.3 is 58.2 Å². The molecule has 0 spiro atoms. The van der Waals surface area contributed by atoms with E-state index in [1.807, 2.05) is 0 Å². The van der Waals surface area contributed by atoms with Crippen LogP contribution in [0, 0.1) is 0 Å². The fraction of sp³-hybridized carbons (Fsp3) is 1.00. The molecule has 137 valence electrons. The predicted octanol–water partition coefficient (Wildman–Crippen LogP) is -2.09. The Morgan fingerprint density at radius 1 is 0.238 bits per heavy atom. The van der Waals surface area contributed by atoms with Gasteiger partial charge in [-0.1, -0.05) is 0 Å². The molecule has 2 nitrogen and oxygen atoms in total. The van der Waals surface area contributed by atoms with Crippen molar-refractivity contribution >= 4 is 0 Å². The Kier molecular flexibility index (Phi) is 1940. The van der Waals surface area contributed by atoms with E-state index in [0.29, 0.717) is 0 Å². The molecular formula is C2H6N2RbY37-. The Labute approximate surface area is 1240 Å². The first kappa shape index (κ1) is 284. The fourth-order valence-electron chi connectivity index (χ4n) is 0. The molecule has 0 rings (SSSR count). The van der Waals surface area contributed by atoms with E-state index in [-0.39, 0.29) is 1280 Å². The van der Waals surface area contributed by atoms with Crippen molar-refractivity contribution in [3.63, 3.8) is 0 Å². The predicted molar refractivity (Wildman–Crippen MR) is 18.5 cm³/mol. The third-order valence-corrected chi connectivity index (χ3v) is 0.158. The molecule has 0 aliphatic rings. The van der Waals surface area contributed by atoms with Gasteiger partial charge in [-0.15, -0.1) is 0 Å². The van der Waals surface area contributed by atoms with Crippen LogP contribution in [0.25, 0.3) is 11.1 Å². The van der Waals surface area contributed by atoms with E-state index in [9.17, 15) is 0 Å². The maximum Gasteiger partial charge on any atom is 1.00 e. The van der Waals surface area contributed by atoms with Crippen molar-refractivity contribution in [1.29, 1.82) is 0 Å². The van der Waals surface area contributed by atoms with Crippen LogP contribution < -0.4 is 58.2 Å². The maximum atomic E-state index is 6.28. The molecule has 42 heavy (non-hydrogen) atoms. The molecule has 0 fully saturated rings. The summed E-state index contributed by atoms with van der Waals surface area (Å²) in [7, 11) is 1.62. The number of rotatable bonds is 1. The van der Waals surface area contributed by atoms with Gasteiger partial charge in [0, 0.05) is 1210 Å². The van der Waals surface area contributed by atoms with Crippen molar-refractivity contribution in [2.75, 3.05) is 13.7 Å². The van der Waals surface area contributed by atoms with Crippen LogP contribution in [0.4, 0.5) is 0 Å². The maximum absolute atomic E-state index is 6.28. The number of hydrogen-bond donors (Lipinski definition) is 0. The Hall–Kier alpha value is 42.6. The van der Waals surface area contributed by atoms with Crippen molar-refractivity contribution in [3.8, 4) is 0 Å². The van der Waals surface area contributed by atoms with Crippen molar-refractivity contribution in [1.82, 2.24) is 0 Å². The zero-order chi connectivity index (χ0) is 3.41. The van der Waals surface area contributed by atoms with Crippen molar-refractivity contribution in [3.05, 3.63) is 11.1 Å². The summed E-state index contributed by atoms with van der Waals surface area (Å²) in [4.78, 5) is 0. The molecule has 0 atom stereocenters. The minimum absolute atomic E-state index is 0. The molecule has 37 radical (unpaired) electrons. The second-order valence-corrected chi connectivity index (χ2v) is 0.474. The molecule has 0 aromatic heterocycles. The second kappa shape index (κ2) is 287. The van der Waals surface area contributed by atoms with Gasteiger partial charge in [0.25, 0.3) is 0 Å². The van der Waals surface area contributed by atoms with E-state index in [4.69, 9.17) is 5.73 Å². The summed E-state index contributed by atoms with van der Waals surface area (Å²) in [5.41, 5.74) is 6.28. The largest absolute Gasteiger partial charge is 1.00 e. The van der Waals surface area contributed by atoms with Crippen LogP contribution in [0.1, 0.15) is 0 Å². The normalized spacial score (nSPS) is 0.714. The molecule has 0 bridgehead atoms. The zero-order valence-electron chi connectivity index (χ0n) is 25.0. The molecule has 40 heteroatoms. The Morgan fingerprint density at radius 3 is 0.262 bits per heavy atom. The van der Waals surface area contributed by atoms with Crippen LogP contribution >= 0.6 is 0 Å². The molecule has 0 saturated heterocycles. The first-order valence-electron chi connectivity index (χ1n) is 1.12. The monoisotopic (exact) mass is 3430 g/mol. The first-order valence-corrected chi connectivity index (χ1v) is 1.12. The van der Waals surface area contributed by atoms with Crippen LogP contribution in [0.2, 0.25) is 0 Å². The van der Waals surface area contributed by atoms with Crippen LogP contribution in [0.3, 0.4) is 0 Å². The molecule has 0 aliphatic heterocycles. The third kappa shape index (κ3) is 289. The summed E-state index contributed by atoms with van der Waals surface area (Å²) in [6.07, 6.45) is 0. The van der Waals surface area contributed by atoms with E-state index in [0.717, 1.165) is 0 Å². The number of hydrogen-bond acceptors (Lipinski definition) is 0. The molecule has 0 aromatic carbocycles. The van der Waals surface area contributed by atoms with Crippen molar-refractivity contribution in [2.45, 2.75) is 0 Å². The van der Waals surface area contributed by atoms with Gasteiger partial charge in [0.15, 0.2) is 0 Å². The smallest absolute Gasteiger partial charge is 0.696 e. The minimum Gasteiger partial charge on any atom is -0.696 e. The van der Waals surface area contributed by atoms with E-state index in [1.165, 1.54) is 0 Å². The van der Waals surface area contributed by atoms with Gasteiger partial charge in [-0.05, 0) is 0 Å². The summed E-state index contributed by atoms with van der Waals surface area (Å²) in [6.45, 7) is 0.194. The third-order valence-electron chi connectivity index (χ3n) is 0.158. The summed E-state index contributed by atoms with van der Waals surface area (Å²) >= 11 is 0. The molecule has 0 amide bonds. The zero-order valence-corrected chi connectivity index (χ0v) is 135. The summed E-state index contributed by atoms with van der Waals surface area (Å²) in [6, 6.07) is 0. The topological polar surface area (TPSA) is 37.9 Å². The van der Waals surface area contributed by atoms with Crippen LogP contribution in [0.15, 0.2) is 0 Å². The minimum atomic E-state index is 0. The average molecular weight is 3430 g/mol. The molecule has 0 aliphatic carbocycles. The first-order chi connectivity index (χ1) is 1.91. The van der Waals surface area contributed by atoms with E-state index in [2.05, 4.69) is 5.32 Å². The molecular weight excluding hydrogens is 3430 g/mol. The van der Waals surface area contributed by atoms with Gasteiger partial charge < -0.3 is 11.1 Å². The Balaban J connectivity index is -0.0000000000640. The molecule has 0 saturated carbocycles. The fourth-order valence-corrected chi connectivity index (χ4v) is 0. The number of nitrogens with zero attached hydrogens (tertiary/aromatic N) is 1. The van der Waals surface area contributed by atoms with Gasteiger partial charge in [-0.25, -0.2) is 0 Å². The second-order valence-electron chi connectivity index (χ2n) is 0.474. The van der Waals surface area contributed by atoms with Crippen LogP contribution in [0.5, 0.6) is 0 Å². The Bertz CT molecular complexity index is 31.7. The summed E-state index contributed by atoms with van der Waals surface area (Å²) < 4.78 is 0. The van der Waals surface area contributed by atoms with Gasteiger partial charge in [0.2, 0.25) is 0 Å². The van der Waals surface area contributed by atoms with E-state index < -0.39 is 0 Å². The van der Waals surface area contributed by atoms with Gasteiger partial charge in [-0.2, -0.15) is 7.05 Å². The van der Waals surface area contributed by atoms with Gasteiger partial charge in [0.1, 0.15) is 0 Å². The molecule has 0 heterocycles. The molecule has 1 N–H and O–H groups in total. The van der Waals surface area contributed by atoms with Crippen molar-refractivity contribution < 1.29 is 1270 Å². The van der Waals surface area contributed by atoms with Gasteiger partial charge in [0.05, 0.1) is 0 Å². The molecule has 0 aromatic rings. The molecule has 0 unspecified atom stereocenters. The SMILES string of the molecule is C[N-]C[NH-].[Rb+].[Y].[Y].[Y].[Y].[Y].[Y].[Y].[Y].[Y].[Y].[Y].[Y].[Y].[Y].[Y].[Y].[Y].[Y].[Y].[Y].[Y].[Y].[Y].[Y].[Y].[Y].[Y].[Y].[Y].[Y].[Y].[Y].[Y].[Y].[Y].[Y].[Y]. The van der Waals surface area contributed by atoms with E-state index in [1.54, 1.807) is 7.05 Å². The summed E-state index contributed by atoms with van der Waals surface area (Å²) in [5, 5.41) is 3.40. The quantitative estimate of drug-likeness (QED) is 0.290. The van der Waals surface area contributed by atoms with E-state index >= 15 is 0 Å². The van der Waals surface area contributed by atoms with Crippen molar-refractivity contribution in [2.24, 2.45) is 0 Å². The van der Waals surface area contributed by atoms with Gasteiger partial charge in [-0.3, -0.25) is 6.67 Å². The summed E-state index contributed by atoms with van der Waals surface area (Å²) in [5.74, 6) is 0. The Morgan fingerprint density at radius 2 is 0.262 bits per heavy atom. The standard InChI is InChI=1S/C2H6N2.Rb.37Y/c1-4-2-3;;;;;;;;;;;;;;;;;;;;;;;;;;;;;;;;;;;;;;/h3H,2H2,1H3;;;;;;;;;;;;;;;;;;;;;;;;;;;;;;;;;;;;;;/q-2;+1;;;;;;;;;;;;;;;;;;;;;;;;;;;;;;;;;;;;;. The number of nitrogens with one attached hydrogen (secondary N) is 1. The van der Waals surface area contributed by atoms with Crippen LogP contribution in [-0.2, 0) is 1210 Å². The van der Waals surface area contributed by atoms with Crippen LogP contribution in [-0.4, -0.2) is 13.7 Å².